The van der Waals surface area contributed by atoms with Gasteiger partial charge in [0.2, 0.25) is 0 Å². The zero-order valence-corrected chi connectivity index (χ0v) is 7.97. The van der Waals surface area contributed by atoms with Crippen molar-refractivity contribution in [2.45, 2.75) is 13.8 Å². The number of methoxy groups -OCH3 is 2. The molecule has 0 aromatic heterocycles. The molecule has 0 amide bonds. The van der Waals surface area contributed by atoms with Crippen molar-refractivity contribution in [3.8, 4) is 11.5 Å². The minimum atomic E-state index is 0.801. The Bertz CT molecular complexity index is 279. The third-order valence-corrected chi connectivity index (χ3v) is 1.81. The maximum absolute atomic E-state index is 5.20. The maximum atomic E-state index is 5.20. The Morgan fingerprint density at radius 1 is 1.00 bits per heavy atom. The van der Waals surface area contributed by atoms with Gasteiger partial charge in [0.25, 0.3) is 0 Å². The van der Waals surface area contributed by atoms with Crippen LogP contribution in [0.1, 0.15) is 11.1 Å². The summed E-state index contributed by atoms with van der Waals surface area (Å²) in [5.74, 6) is 1.62. The van der Waals surface area contributed by atoms with Gasteiger partial charge in [0.15, 0.2) is 11.5 Å². The molecule has 2 heteroatoms. The monoisotopic (exact) mass is 166 g/mol. The van der Waals surface area contributed by atoms with Crippen molar-refractivity contribution < 1.29 is 9.47 Å². The molecule has 0 spiro atoms. The van der Waals surface area contributed by atoms with Crippen molar-refractivity contribution in [1.82, 2.24) is 0 Å². The molecule has 0 aliphatic carbocycles. The highest BCUT2D eigenvalue weighted by Gasteiger charge is 2.06. The highest BCUT2D eigenvalue weighted by molar-refractivity contribution is 5.48. The molecule has 0 bridgehead atoms. The van der Waals surface area contributed by atoms with E-state index >= 15 is 0 Å². The van der Waals surface area contributed by atoms with Crippen LogP contribution in [0.15, 0.2) is 12.1 Å². The van der Waals surface area contributed by atoms with Crippen molar-refractivity contribution >= 4 is 0 Å². The fourth-order valence-electron chi connectivity index (χ4n) is 1.33. The molecule has 0 aliphatic rings. The first-order chi connectivity index (χ1) is 5.69. The minimum absolute atomic E-state index is 0.801. The molecular weight excluding hydrogens is 152 g/mol. The molecular formula is C10H14O2. The standard InChI is InChI=1S/C10H14O2/c1-7-5-8(2)10(12-4)9(6-7)11-3/h5-6H,1-4H3. The largest absolute Gasteiger partial charge is 0.493 e. The zero-order valence-electron chi connectivity index (χ0n) is 7.97. The first-order valence-electron chi connectivity index (χ1n) is 3.88. The van der Waals surface area contributed by atoms with E-state index in [-0.39, 0.29) is 0 Å². The third kappa shape index (κ3) is 1.52. The Morgan fingerprint density at radius 2 is 1.67 bits per heavy atom. The Labute approximate surface area is 73.1 Å². The Morgan fingerprint density at radius 3 is 2.17 bits per heavy atom. The molecule has 2 nitrogen and oxygen atoms in total. The van der Waals surface area contributed by atoms with E-state index in [0.717, 1.165) is 17.1 Å². The lowest BCUT2D eigenvalue weighted by Gasteiger charge is -2.10. The summed E-state index contributed by atoms with van der Waals surface area (Å²) in [5, 5.41) is 0. The van der Waals surface area contributed by atoms with Crippen LogP contribution < -0.4 is 9.47 Å². The van der Waals surface area contributed by atoms with Crippen LogP contribution in [-0.2, 0) is 0 Å². The number of benzene rings is 1. The summed E-state index contributed by atoms with van der Waals surface area (Å²) in [4.78, 5) is 0. The van der Waals surface area contributed by atoms with Gasteiger partial charge in [-0.25, -0.2) is 0 Å². The van der Waals surface area contributed by atoms with E-state index in [4.69, 9.17) is 9.47 Å². The molecule has 0 heterocycles. The highest BCUT2D eigenvalue weighted by atomic mass is 16.5. The van der Waals surface area contributed by atoms with E-state index in [1.807, 2.05) is 19.9 Å². The lowest BCUT2D eigenvalue weighted by atomic mass is 10.1. The van der Waals surface area contributed by atoms with Crippen LogP contribution in [0.3, 0.4) is 0 Å². The van der Waals surface area contributed by atoms with Crippen LogP contribution in [0.5, 0.6) is 11.5 Å². The van der Waals surface area contributed by atoms with E-state index in [9.17, 15) is 0 Å². The molecule has 66 valence electrons. The predicted molar refractivity (Wildman–Crippen MR) is 49.0 cm³/mol. The first-order valence-corrected chi connectivity index (χ1v) is 3.88. The first kappa shape index (κ1) is 8.91. The summed E-state index contributed by atoms with van der Waals surface area (Å²) in [6.45, 7) is 4.04. The van der Waals surface area contributed by atoms with Crippen LogP contribution >= 0.6 is 0 Å². The van der Waals surface area contributed by atoms with Crippen LogP contribution in [0.25, 0.3) is 0 Å². The second-order valence-corrected chi connectivity index (χ2v) is 2.82. The molecule has 1 aromatic carbocycles. The van der Waals surface area contributed by atoms with Gasteiger partial charge in [-0.15, -0.1) is 0 Å². The van der Waals surface area contributed by atoms with Crippen LogP contribution in [0, 0.1) is 13.8 Å². The third-order valence-electron chi connectivity index (χ3n) is 1.81. The Balaban J connectivity index is 3.24. The van der Waals surface area contributed by atoms with Gasteiger partial charge in [-0.3, -0.25) is 0 Å². The average molecular weight is 166 g/mol. The number of aryl methyl sites for hydroxylation is 2. The quantitative estimate of drug-likeness (QED) is 0.671. The van der Waals surface area contributed by atoms with Gasteiger partial charge in [0.1, 0.15) is 0 Å². The van der Waals surface area contributed by atoms with Crippen molar-refractivity contribution in [2.75, 3.05) is 14.2 Å². The van der Waals surface area contributed by atoms with Gasteiger partial charge < -0.3 is 9.47 Å². The molecule has 1 rings (SSSR count). The minimum Gasteiger partial charge on any atom is -0.493 e. The maximum Gasteiger partial charge on any atom is 0.163 e. The van der Waals surface area contributed by atoms with E-state index in [2.05, 4.69) is 6.07 Å². The predicted octanol–water partition coefficient (Wildman–Crippen LogP) is 2.32. The summed E-state index contributed by atoms with van der Waals surface area (Å²) in [6, 6.07) is 4.03. The lowest BCUT2D eigenvalue weighted by Crippen LogP contribution is -1.93. The van der Waals surface area contributed by atoms with E-state index < -0.39 is 0 Å². The number of hydrogen-bond acceptors (Lipinski definition) is 2. The molecule has 0 fully saturated rings. The molecule has 0 aliphatic heterocycles. The van der Waals surface area contributed by atoms with Gasteiger partial charge in [-0.1, -0.05) is 6.07 Å². The molecule has 0 radical (unpaired) electrons. The van der Waals surface area contributed by atoms with Gasteiger partial charge >= 0.3 is 0 Å². The van der Waals surface area contributed by atoms with E-state index in [1.54, 1.807) is 14.2 Å². The fourth-order valence-corrected chi connectivity index (χ4v) is 1.33. The number of hydrogen-bond donors (Lipinski definition) is 0. The van der Waals surface area contributed by atoms with Gasteiger partial charge in [0, 0.05) is 0 Å². The van der Waals surface area contributed by atoms with Gasteiger partial charge in [-0.2, -0.15) is 0 Å². The van der Waals surface area contributed by atoms with Crippen LogP contribution in [0.4, 0.5) is 0 Å². The second kappa shape index (κ2) is 3.48. The summed E-state index contributed by atoms with van der Waals surface area (Å²) in [5.41, 5.74) is 2.29. The Hall–Kier alpha value is -1.18. The average Bonchev–Trinajstić information content (AvgIpc) is 2.03. The molecule has 0 unspecified atom stereocenters. The second-order valence-electron chi connectivity index (χ2n) is 2.82. The van der Waals surface area contributed by atoms with Crippen molar-refractivity contribution in [3.05, 3.63) is 23.3 Å². The highest BCUT2D eigenvalue weighted by Crippen LogP contribution is 2.31. The van der Waals surface area contributed by atoms with Crippen molar-refractivity contribution in [3.63, 3.8) is 0 Å². The fraction of sp³-hybridized carbons (Fsp3) is 0.400. The molecule has 0 saturated carbocycles. The number of rotatable bonds is 2. The number of ether oxygens (including phenoxy) is 2. The smallest absolute Gasteiger partial charge is 0.163 e. The SMILES string of the molecule is COc1cc(C)cc(C)c1OC. The van der Waals surface area contributed by atoms with Crippen molar-refractivity contribution in [2.24, 2.45) is 0 Å². The summed E-state index contributed by atoms with van der Waals surface area (Å²) >= 11 is 0. The van der Waals surface area contributed by atoms with Crippen LogP contribution in [0.2, 0.25) is 0 Å². The van der Waals surface area contributed by atoms with Gasteiger partial charge in [-0.05, 0) is 31.0 Å². The van der Waals surface area contributed by atoms with E-state index in [0.29, 0.717) is 0 Å². The van der Waals surface area contributed by atoms with Crippen LogP contribution in [-0.4, -0.2) is 14.2 Å². The topological polar surface area (TPSA) is 18.5 Å². The van der Waals surface area contributed by atoms with Gasteiger partial charge in [0.05, 0.1) is 14.2 Å². The zero-order chi connectivity index (χ0) is 9.14. The molecule has 0 N–H and O–H groups in total. The summed E-state index contributed by atoms with van der Waals surface area (Å²) < 4.78 is 10.4. The van der Waals surface area contributed by atoms with Crippen molar-refractivity contribution in [1.29, 1.82) is 0 Å². The van der Waals surface area contributed by atoms with E-state index in [1.165, 1.54) is 5.56 Å². The molecule has 1 aromatic rings. The Kier molecular flexibility index (Phi) is 2.58. The lowest BCUT2D eigenvalue weighted by molar-refractivity contribution is 0.352. The summed E-state index contributed by atoms with van der Waals surface area (Å²) in [6.07, 6.45) is 0. The molecule has 0 saturated heterocycles. The molecule has 12 heavy (non-hydrogen) atoms. The molecule has 0 atom stereocenters. The summed E-state index contributed by atoms with van der Waals surface area (Å²) in [7, 11) is 3.30. The normalized spacial score (nSPS) is 9.67.